The van der Waals surface area contributed by atoms with E-state index in [4.69, 9.17) is 19.1 Å². The van der Waals surface area contributed by atoms with Gasteiger partial charge in [0, 0.05) is 12.8 Å². The van der Waals surface area contributed by atoms with E-state index < -0.39 is 51.8 Å². The summed E-state index contributed by atoms with van der Waals surface area (Å²) in [5.41, 5.74) is 0. The van der Waals surface area contributed by atoms with Crippen LogP contribution in [0.25, 0.3) is 0 Å². The van der Waals surface area contributed by atoms with Gasteiger partial charge < -0.3 is 24.6 Å². The van der Waals surface area contributed by atoms with Crippen LogP contribution in [0.1, 0.15) is 168 Å². The average molecular weight is 849 g/mol. The lowest BCUT2D eigenvalue weighted by Gasteiger charge is -2.20. The van der Waals surface area contributed by atoms with Gasteiger partial charge in [0.05, 0.1) is 19.8 Å². The second kappa shape index (κ2) is 43.2. The molecule has 0 aliphatic heterocycles. The van der Waals surface area contributed by atoms with Gasteiger partial charge in [0.15, 0.2) is 6.10 Å². The topological polar surface area (TPSA) is 149 Å². The van der Waals surface area contributed by atoms with Crippen LogP contribution in [0.4, 0.5) is 0 Å². The number of aliphatic hydroxyl groups is 2. The van der Waals surface area contributed by atoms with Crippen molar-refractivity contribution in [3.05, 3.63) is 85.1 Å². The molecule has 0 saturated heterocycles. The number of esters is 2. The molecule has 0 aromatic rings. The standard InChI is InChI=1S/C48H81O10P/c1-3-5-7-9-11-13-15-17-18-19-20-21-22-23-24-25-26-28-29-31-33-35-37-39-47(51)55-43-46(44-57-59(53,54)56-42-45(50)41-49)58-48(52)40-38-36-34-32-30-27-16-14-12-10-8-6-4-2/h6,8,10,12,14,16,20-21,23-24,27,30,32,34,45-46,49-50H,3-5,7,9,11,13,15,17-19,22,25-26,28-29,31,33,35-44H2,1-2H3,(H,53,54)/b8-6+,12-10+,16-14+,21-20+,24-23+,30-27+,34-32+/t45-,46?/m1/s1. The van der Waals surface area contributed by atoms with Crippen molar-refractivity contribution < 1.29 is 47.8 Å². The van der Waals surface area contributed by atoms with Crippen LogP contribution in [0, 0.1) is 0 Å². The van der Waals surface area contributed by atoms with Crippen LogP contribution in [-0.2, 0) is 32.7 Å². The fourth-order valence-corrected chi connectivity index (χ4v) is 6.49. The molecule has 0 saturated carbocycles. The predicted molar refractivity (Wildman–Crippen MR) is 242 cm³/mol. The molecule has 0 rings (SSSR count). The van der Waals surface area contributed by atoms with Gasteiger partial charge in [-0.15, -0.1) is 0 Å². The predicted octanol–water partition coefficient (Wildman–Crippen LogP) is 12.2. The van der Waals surface area contributed by atoms with E-state index in [2.05, 4.69) is 48.8 Å². The molecule has 0 bridgehead atoms. The molecule has 0 aromatic heterocycles. The highest BCUT2D eigenvalue weighted by Gasteiger charge is 2.27. The Bertz CT molecular complexity index is 1250. The normalized spacial score (nSPS) is 14.6. The van der Waals surface area contributed by atoms with Gasteiger partial charge in [-0.05, 0) is 57.8 Å². The van der Waals surface area contributed by atoms with Gasteiger partial charge in [0.25, 0.3) is 0 Å². The molecule has 2 unspecified atom stereocenters. The molecule has 59 heavy (non-hydrogen) atoms. The Morgan fingerprint density at radius 3 is 1.58 bits per heavy atom. The van der Waals surface area contributed by atoms with Gasteiger partial charge in [0.2, 0.25) is 0 Å². The first kappa shape index (κ1) is 56.1. The summed E-state index contributed by atoms with van der Waals surface area (Å²) in [6.45, 7) is 2.13. The summed E-state index contributed by atoms with van der Waals surface area (Å²) >= 11 is 0. The maximum absolute atomic E-state index is 12.6. The van der Waals surface area contributed by atoms with Gasteiger partial charge in [-0.3, -0.25) is 18.6 Å². The Labute approximate surface area is 358 Å². The molecule has 0 amide bonds. The number of ether oxygens (including phenoxy) is 2. The van der Waals surface area contributed by atoms with Crippen molar-refractivity contribution in [3.8, 4) is 0 Å². The maximum Gasteiger partial charge on any atom is 0.472 e. The second-order valence-corrected chi connectivity index (χ2v) is 16.3. The van der Waals surface area contributed by atoms with Crippen LogP contribution in [0.5, 0.6) is 0 Å². The number of aliphatic hydroxyl groups excluding tert-OH is 2. The monoisotopic (exact) mass is 849 g/mol. The van der Waals surface area contributed by atoms with Crippen molar-refractivity contribution in [2.24, 2.45) is 0 Å². The third-order valence-corrected chi connectivity index (χ3v) is 10.1. The largest absolute Gasteiger partial charge is 0.472 e. The number of phosphoric acid groups is 1. The number of carbonyl (C=O) groups is 2. The summed E-state index contributed by atoms with van der Waals surface area (Å²) in [4.78, 5) is 35.0. The molecule has 0 radical (unpaired) electrons. The van der Waals surface area contributed by atoms with Crippen molar-refractivity contribution in [2.75, 3.05) is 26.4 Å². The number of allylic oxidation sites excluding steroid dienone is 14. The zero-order chi connectivity index (χ0) is 43.3. The number of unbranched alkanes of at least 4 members (excludes halogenated alkanes) is 17. The molecule has 0 aliphatic rings. The first-order valence-corrected chi connectivity index (χ1v) is 24.1. The van der Waals surface area contributed by atoms with Crippen LogP contribution in [0.15, 0.2) is 85.1 Å². The Kier molecular flexibility index (Phi) is 41.2. The van der Waals surface area contributed by atoms with E-state index in [-0.39, 0.29) is 19.4 Å². The number of hydrogen-bond acceptors (Lipinski definition) is 9. The van der Waals surface area contributed by atoms with Crippen molar-refractivity contribution in [1.29, 1.82) is 0 Å². The Hall–Kier alpha value is -2.85. The molecule has 0 aromatic carbocycles. The molecule has 338 valence electrons. The Morgan fingerprint density at radius 2 is 1.02 bits per heavy atom. The molecule has 0 aliphatic carbocycles. The maximum atomic E-state index is 12.6. The van der Waals surface area contributed by atoms with Crippen LogP contribution >= 0.6 is 7.82 Å². The number of hydrogen-bond donors (Lipinski definition) is 3. The van der Waals surface area contributed by atoms with Crippen molar-refractivity contribution in [3.63, 3.8) is 0 Å². The lowest BCUT2D eigenvalue weighted by Crippen LogP contribution is -2.29. The third-order valence-electron chi connectivity index (χ3n) is 9.16. The minimum Gasteiger partial charge on any atom is -0.462 e. The zero-order valence-corrected chi connectivity index (χ0v) is 37.6. The first-order valence-electron chi connectivity index (χ1n) is 22.6. The summed E-state index contributed by atoms with van der Waals surface area (Å²) in [7, 11) is -4.64. The lowest BCUT2D eigenvalue weighted by atomic mass is 10.1. The van der Waals surface area contributed by atoms with Crippen molar-refractivity contribution >= 4 is 19.8 Å². The molecule has 3 atom stereocenters. The lowest BCUT2D eigenvalue weighted by molar-refractivity contribution is -0.161. The molecule has 0 spiro atoms. The summed E-state index contributed by atoms with van der Waals surface area (Å²) < 4.78 is 32.6. The molecule has 0 heterocycles. The highest BCUT2D eigenvalue weighted by molar-refractivity contribution is 7.47. The molecule has 0 fully saturated rings. The van der Waals surface area contributed by atoms with E-state index in [9.17, 15) is 24.2 Å². The highest BCUT2D eigenvalue weighted by atomic mass is 31.2. The Balaban J connectivity index is 4.30. The second-order valence-electron chi connectivity index (χ2n) is 14.8. The summed E-state index contributed by atoms with van der Waals surface area (Å²) in [6, 6.07) is 0. The van der Waals surface area contributed by atoms with Crippen molar-refractivity contribution in [2.45, 2.75) is 180 Å². The average Bonchev–Trinajstić information content (AvgIpc) is 3.22. The number of phosphoric ester groups is 1. The minimum atomic E-state index is -4.64. The number of carbonyl (C=O) groups excluding carboxylic acids is 2. The Morgan fingerprint density at radius 1 is 0.542 bits per heavy atom. The van der Waals surface area contributed by atoms with Crippen LogP contribution in [-0.4, -0.2) is 65.7 Å². The van der Waals surface area contributed by atoms with Gasteiger partial charge >= 0.3 is 19.8 Å². The van der Waals surface area contributed by atoms with E-state index >= 15 is 0 Å². The highest BCUT2D eigenvalue weighted by Crippen LogP contribution is 2.43. The molecular weight excluding hydrogens is 767 g/mol. The van der Waals surface area contributed by atoms with Crippen molar-refractivity contribution in [1.82, 2.24) is 0 Å². The fourth-order valence-electron chi connectivity index (χ4n) is 5.70. The number of rotatable bonds is 41. The van der Waals surface area contributed by atoms with Gasteiger partial charge in [-0.1, -0.05) is 182 Å². The summed E-state index contributed by atoms with van der Waals surface area (Å²) in [5.74, 6) is -1.03. The smallest absolute Gasteiger partial charge is 0.462 e. The van der Waals surface area contributed by atoms with E-state index in [1.165, 1.54) is 83.5 Å². The van der Waals surface area contributed by atoms with Gasteiger partial charge in [-0.25, -0.2) is 4.57 Å². The molecular formula is C48H81O10P. The van der Waals surface area contributed by atoms with E-state index in [1.54, 1.807) is 0 Å². The van der Waals surface area contributed by atoms with E-state index in [0.29, 0.717) is 19.3 Å². The van der Waals surface area contributed by atoms with Crippen LogP contribution < -0.4 is 0 Å². The zero-order valence-electron chi connectivity index (χ0n) is 36.7. The molecule has 11 heteroatoms. The fraction of sp³-hybridized carbons (Fsp3) is 0.667. The van der Waals surface area contributed by atoms with Crippen LogP contribution in [0.3, 0.4) is 0 Å². The SMILES string of the molecule is CC/C=C/C=C/C=C/C=C/C=C/CCCC(=O)OC(COC(=O)CCCCCCCCC/C=C/C/C=C/CCCCCCCCCCC)COP(=O)(O)OC[C@H](O)CO. The van der Waals surface area contributed by atoms with E-state index in [1.807, 2.05) is 54.7 Å². The summed E-state index contributed by atoms with van der Waals surface area (Å²) in [5, 5.41) is 18.3. The quantitative estimate of drug-likeness (QED) is 0.0178. The summed E-state index contributed by atoms with van der Waals surface area (Å²) in [6.07, 6.45) is 51.5. The van der Waals surface area contributed by atoms with E-state index in [0.717, 1.165) is 38.5 Å². The molecule has 3 N–H and O–H groups in total. The minimum absolute atomic E-state index is 0.0816. The first-order chi connectivity index (χ1) is 28.7. The van der Waals surface area contributed by atoms with Crippen LogP contribution in [0.2, 0.25) is 0 Å². The molecule has 10 nitrogen and oxygen atoms in total. The third kappa shape index (κ3) is 43.1. The van der Waals surface area contributed by atoms with Gasteiger partial charge in [-0.2, -0.15) is 0 Å². The van der Waals surface area contributed by atoms with Gasteiger partial charge in [0.1, 0.15) is 12.7 Å².